The van der Waals surface area contributed by atoms with Crippen LogP contribution in [0.3, 0.4) is 0 Å². The first-order valence-electron chi connectivity index (χ1n) is 9.04. The third kappa shape index (κ3) is 11.7. The van der Waals surface area contributed by atoms with E-state index in [1.807, 2.05) is 0 Å². The average Bonchev–Trinajstić information content (AvgIpc) is 2.45. The number of nitrogens with one attached hydrogen (secondary N) is 1. The van der Waals surface area contributed by atoms with Crippen molar-refractivity contribution >= 4 is 0 Å². The number of hydrogen-bond acceptors (Lipinski definition) is 2. The molecular formula is C18H39NO. The SMILES string of the molecule is CCCCCCCCCCCCNC(C)(CC)CCO. The molecule has 0 aliphatic heterocycles. The average molecular weight is 286 g/mol. The molecule has 0 rings (SSSR count). The van der Waals surface area contributed by atoms with Crippen LogP contribution in [0, 0.1) is 0 Å². The van der Waals surface area contributed by atoms with Gasteiger partial charge in [-0.1, -0.05) is 71.6 Å². The summed E-state index contributed by atoms with van der Waals surface area (Å²) in [5, 5.41) is 12.7. The fourth-order valence-corrected chi connectivity index (χ4v) is 2.64. The molecule has 1 atom stereocenters. The van der Waals surface area contributed by atoms with Crippen LogP contribution in [0.15, 0.2) is 0 Å². The van der Waals surface area contributed by atoms with E-state index in [2.05, 4.69) is 26.1 Å². The third-order valence-corrected chi connectivity index (χ3v) is 4.53. The summed E-state index contributed by atoms with van der Waals surface area (Å²) in [4.78, 5) is 0. The third-order valence-electron chi connectivity index (χ3n) is 4.53. The molecule has 0 spiro atoms. The van der Waals surface area contributed by atoms with Gasteiger partial charge in [0.25, 0.3) is 0 Å². The Morgan fingerprint density at radius 1 is 0.800 bits per heavy atom. The van der Waals surface area contributed by atoms with Crippen molar-refractivity contribution in [2.45, 2.75) is 103 Å². The van der Waals surface area contributed by atoms with Crippen molar-refractivity contribution in [2.24, 2.45) is 0 Å². The molecule has 0 aliphatic carbocycles. The molecule has 0 amide bonds. The summed E-state index contributed by atoms with van der Waals surface area (Å²) in [5.41, 5.74) is 0.133. The molecule has 20 heavy (non-hydrogen) atoms. The Hall–Kier alpha value is -0.0800. The molecule has 2 heteroatoms. The minimum Gasteiger partial charge on any atom is -0.396 e. The summed E-state index contributed by atoms with van der Waals surface area (Å²) in [7, 11) is 0. The van der Waals surface area contributed by atoms with Gasteiger partial charge >= 0.3 is 0 Å². The summed E-state index contributed by atoms with van der Waals surface area (Å²) in [5.74, 6) is 0. The van der Waals surface area contributed by atoms with Gasteiger partial charge in [0, 0.05) is 12.1 Å². The van der Waals surface area contributed by atoms with Crippen molar-refractivity contribution < 1.29 is 5.11 Å². The van der Waals surface area contributed by atoms with Gasteiger partial charge in [0.05, 0.1) is 0 Å². The van der Waals surface area contributed by atoms with Gasteiger partial charge in [-0.05, 0) is 32.7 Å². The topological polar surface area (TPSA) is 32.3 Å². The summed E-state index contributed by atoms with van der Waals surface area (Å²) in [6.45, 7) is 8.08. The lowest BCUT2D eigenvalue weighted by atomic mass is 9.94. The lowest BCUT2D eigenvalue weighted by Gasteiger charge is -2.29. The summed E-state index contributed by atoms with van der Waals surface area (Å²) < 4.78 is 0. The van der Waals surface area contributed by atoms with Crippen LogP contribution in [0.1, 0.15) is 97.8 Å². The predicted octanol–water partition coefficient (Wildman–Crippen LogP) is 5.05. The minimum atomic E-state index is 0.133. The molecule has 0 saturated heterocycles. The van der Waals surface area contributed by atoms with Gasteiger partial charge in [0.15, 0.2) is 0 Å². The Bertz CT molecular complexity index is 196. The maximum atomic E-state index is 9.07. The Morgan fingerprint density at radius 2 is 1.30 bits per heavy atom. The standard InChI is InChI=1S/C18H39NO/c1-4-6-7-8-9-10-11-12-13-14-16-19-18(3,5-2)15-17-20/h19-20H,4-17H2,1-3H3. The van der Waals surface area contributed by atoms with E-state index in [-0.39, 0.29) is 12.1 Å². The fourth-order valence-electron chi connectivity index (χ4n) is 2.64. The van der Waals surface area contributed by atoms with Crippen LogP contribution in [0.4, 0.5) is 0 Å². The molecule has 122 valence electrons. The van der Waals surface area contributed by atoms with E-state index in [1.165, 1.54) is 64.2 Å². The van der Waals surface area contributed by atoms with E-state index in [0.29, 0.717) is 0 Å². The number of aliphatic hydroxyl groups excluding tert-OH is 1. The maximum Gasteiger partial charge on any atom is 0.0448 e. The molecule has 0 aromatic rings. The second-order valence-corrected chi connectivity index (χ2v) is 6.50. The molecule has 0 aliphatic rings. The predicted molar refractivity (Wildman–Crippen MR) is 90.2 cm³/mol. The van der Waals surface area contributed by atoms with Crippen LogP contribution in [0.5, 0.6) is 0 Å². The van der Waals surface area contributed by atoms with Crippen molar-refractivity contribution in [1.82, 2.24) is 5.32 Å². The molecule has 1 unspecified atom stereocenters. The lowest BCUT2D eigenvalue weighted by molar-refractivity contribution is 0.215. The second kappa shape index (κ2) is 13.9. The highest BCUT2D eigenvalue weighted by molar-refractivity contribution is 4.80. The van der Waals surface area contributed by atoms with Crippen molar-refractivity contribution in [3.8, 4) is 0 Å². The molecule has 0 fully saturated rings. The van der Waals surface area contributed by atoms with Gasteiger partial charge in [-0.25, -0.2) is 0 Å². The highest BCUT2D eigenvalue weighted by atomic mass is 16.3. The van der Waals surface area contributed by atoms with Crippen molar-refractivity contribution in [3.63, 3.8) is 0 Å². The van der Waals surface area contributed by atoms with Crippen LogP contribution in [-0.2, 0) is 0 Å². The molecule has 0 saturated carbocycles. The molecule has 0 bridgehead atoms. The monoisotopic (exact) mass is 285 g/mol. The smallest absolute Gasteiger partial charge is 0.0448 e. The first-order chi connectivity index (χ1) is 9.68. The van der Waals surface area contributed by atoms with Gasteiger partial charge in [-0.3, -0.25) is 0 Å². The van der Waals surface area contributed by atoms with Crippen molar-refractivity contribution in [3.05, 3.63) is 0 Å². The normalized spacial score (nSPS) is 14.4. The van der Waals surface area contributed by atoms with Gasteiger partial charge in [-0.15, -0.1) is 0 Å². The van der Waals surface area contributed by atoms with Crippen LogP contribution in [0.2, 0.25) is 0 Å². The van der Waals surface area contributed by atoms with Gasteiger partial charge in [0.2, 0.25) is 0 Å². The number of aliphatic hydroxyl groups is 1. The highest BCUT2D eigenvalue weighted by Gasteiger charge is 2.19. The minimum absolute atomic E-state index is 0.133. The Balaban J connectivity index is 3.27. The molecule has 0 aromatic carbocycles. The second-order valence-electron chi connectivity index (χ2n) is 6.50. The van der Waals surface area contributed by atoms with Gasteiger partial charge in [0.1, 0.15) is 0 Å². The Labute approximate surface area is 127 Å². The van der Waals surface area contributed by atoms with Gasteiger partial charge in [-0.2, -0.15) is 0 Å². The van der Waals surface area contributed by atoms with Crippen molar-refractivity contribution in [1.29, 1.82) is 0 Å². The first-order valence-corrected chi connectivity index (χ1v) is 9.04. The summed E-state index contributed by atoms with van der Waals surface area (Å²) in [6.07, 6.45) is 15.9. The zero-order valence-corrected chi connectivity index (χ0v) is 14.3. The highest BCUT2D eigenvalue weighted by Crippen LogP contribution is 2.14. The molecule has 2 nitrogen and oxygen atoms in total. The van der Waals surface area contributed by atoms with Crippen LogP contribution < -0.4 is 5.32 Å². The molecule has 0 heterocycles. The Kier molecular flexibility index (Phi) is 13.8. The van der Waals surface area contributed by atoms with Gasteiger partial charge < -0.3 is 10.4 Å². The van der Waals surface area contributed by atoms with Crippen LogP contribution in [0.25, 0.3) is 0 Å². The first kappa shape index (κ1) is 19.9. The lowest BCUT2D eigenvalue weighted by Crippen LogP contribution is -2.43. The molecule has 2 N–H and O–H groups in total. The van der Waals surface area contributed by atoms with E-state index < -0.39 is 0 Å². The number of unbranched alkanes of at least 4 members (excludes halogenated alkanes) is 9. The molecule has 0 radical (unpaired) electrons. The van der Waals surface area contributed by atoms with E-state index >= 15 is 0 Å². The Morgan fingerprint density at radius 3 is 1.75 bits per heavy atom. The quantitative estimate of drug-likeness (QED) is 0.413. The van der Waals surface area contributed by atoms with Crippen molar-refractivity contribution in [2.75, 3.05) is 13.2 Å². The zero-order valence-electron chi connectivity index (χ0n) is 14.3. The van der Waals surface area contributed by atoms with E-state index in [4.69, 9.17) is 5.11 Å². The fraction of sp³-hybridized carbons (Fsp3) is 1.00. The zero-order chi connectivity index (χ0) is 15.1. The van der Waals surface area contributed by atoms with E-state index in [9.17, 15) is 0 Å². The largest absolute Gasteiger partial charge is 0.396 e. The molecule has 0 aromatic heterocycles. The molecular weight excluding hydrogens is 246 g/mol. The number of rotatable bonds is 15. The van der Waals surface area contributed by atoms with Crippen LogP contribution >= 0.6 is 0 Å². The summed E-state index contributed by atoms with van der Waals surface area (Å²) in [6, 6.07) is 0. The van der Waals surface area contributed by atoms with E-state index in [1.54, 1.807) is 0 Å². The summed E-state index contributed by atoms with van der Waals surface area (Å²) >= 11 is 0. The maximum absolute atomic E-state index is 9.07. The van der Waals surface area contributed by atoms with Crippen LogP contribution in [-0.4, -0.2) is 23.8 Å². The number of hydrogen-bond donors (Lipinski definition) is 2. The van der Waals surface area contributed by atoms with E-state index in [0.717, 1.165) is 19.4 Å².